The van der Waals surface area contributed by atoms with Crippen molar-refractivity contribution in [1.29, 1.82) is 0 Å². The molecular formula is C25H24FN3O4. The molecule has 0 saturated carbocycles. The lowest BCUT2D eigenvalue weighted by molar-refractivity contribution is -0.124. The number of anilines is 1. The predicted molar refractivity (Wildman–Crippen MR) is 124 cm³/mol. The highest BCUT2D eigenvalue weighted by molar-refractivity contribution is 5.93. The lowest BCUT2D eigenvalue weighted by Crippen LogP contribution is -2.20. The van der Waals surface area contributed by atoms with E-state index in [1.165, 1.54) is 18.3 Å². The van der Waals surface area contributed by atoms with Crippen LogP contribution in [-0.2, 0) is 16.2 Å². The van der Waals surface area contributed by atoms with Crippen molar-refractivity contribution >= 4 is 23.7 Å². The van der Waals surface area contributed by atoms with E-state index in [9.17, 15) is 14.0 Å². The molecule has 0 bridgehead atoms. The number of rotatable bonds is 10. The second-order valence-corrected chi connectivity index (χ2v) is 7.05. The Morgan fingerprint density at radius 1 is 0.879 bits per heavy atom. The number of carbonyl (C=O) groups is 2. The smallest absolute Gasteiger partial charge is 0.240 e. The van der Waals surface area contributed by atoms with Crippen molar-refractivity contribution in [1.82, 2.24) is 5.43 Å². The zero-order valence-electron chi connectivity index (χ0n) is 18.1. The maximum absolute atomic E-state index is 12.9. The topological polar surface area (TPSA) is 89.0 Å². The first-order valence-corrected chi connectivity index (χ1v) is 10.2. The van der Waals surface area contributed by atoms with Gasteiger partial charge in [0.2, 0.25) is 11.8 Å². The van der Waals surface area contributed by atoms with Crippen molar-refractivity contribution in [2.24, 2.45) is 5.10 Å². The van der Waals surface area contributed by atoms with Gasteiger partial charge in [-0.05, 0) is 71.8 Å². The average molecular weight is 449 g/mol. The lowest BCUT2D eigenvalue weighted by Gasteiger charge is -2.06. The Labute approximate surface area is 191 Å². The number of hydrogen-bond donors (Lipinski definition) is 2. The Morgan fingerprint density at radius 2 is 1.52 bits per heavy atom. The first-order valence-electron chi connectivity index (χ1n) is 10.2. The quantitative estimate of drug-likeness (QED) is 0.357. The molecular weight excluding hydrogens is 425 g/mol. The standard InChI is InChI=1S/C25H24FN3O4/c1-32-22-12-8-21(9-13-22)28-24(30)14-15-25(31)29-27-16-18-4-10-23(11-5-18)33-17-19-2-6-20(26)7-3-19/h2-13,16H,14-15,17H2,1H3,(H,28,30)(H,29,31). The molecule has 0 unspecified atom stereocenters. The van der Waals surface area contributed by atoms with E-state index in [1.807, 2.05) is 0 Å². The fraction of sp³-hybridized carbons (Fsp3) is 0.160. The number of benzene rings is 3. The molecule has 0 aliphatic carbocycles. The zero-order chi connectivity index (χ0) is 23.5. The van der Waals surface area contributed by atoms with Crippen LogP contribution < -0.4 is 20.2 Å². The van der Waals surface area contributed by atoms with Gasteiger partial charge in [0.1, 0.15) is 23.9 Å². The van der Waals surface area contributed by atoms with Gasteiger partial charge in [-0.25, -0.2) is 9.82 Å². The minimum absolute atomic E-state index is 0.00942. The molecule has 3 aromatic carbocycles. The monoisotopic (exact) mass is 449 g/mol. The summed E-state index contributed by atoms with van der Waals surface area (Å²) in [6.45, 7) is 0.329. The van der Waals surface area contributed by atoms with Crippen LogP contribution in [0.5, 0.6) is 11.5 Å². The van der Waals surface area contributed by atoms with Crippen LogP contribution in [0.1, 0.15) is 24.0 Å². The molecule has 0 aromatic heterocycles. The van der Waals surface area contributed by atoms with E-state index >= 15 is 0 Å². The predicted octanol–water partition coefficient (Wildman–Crippen LogP) is 4.28. The van der Waals surface area contributed by atoms with Gasteiger partial charge in [-0.1, -0.05) is 12.1 Å². The minimum atomic E-state index is -0.365. The van der Waals surface area contributed by atoms with E-state index in [-0.39, 0.29) is 30.5 Å². The molecule has 3 rings (SSSR count). The summed E-state index contributed by atoms with van der Waals surface area (Å²) in [6, 6.07) is 20.2. The molecule has 0 spiro atoms. The summed E-state index contributed by atoms with van der Waals surface area (Å²) in [4.78, 5) is 23.9. The molecule has 0 aliphatic heterocycles. The van der Waals surface area contributed by atoms with Crippen molar-refractivity contribution < 1.29 is 23.5 Å². The van der Waals surface area contributed by atoms with Gasteiger partial charge < -0.3 is 14.8 Å². The first-order chi connectivity index (χ1) is 16.0. The van der Waals surface area contributed by atoms with Crippen molar-refractivity contribution in [3.63, 3.8) is 0 Å². The number of nitrogens with one attached hydrogen (secondary N) is 2. The molecule has 33 heavy (non-hydrogen) atoms. The maximum Gasteiger partial charge on any atom is 0.240 e. The first kappa shape index (κ1) is 23.5. The Bertz CT molecular complexity index is 1080. The fourth-order valence-corrected chi connectivity index (χ4v) is 2.76. The number of amides is 2. The van der Waals surface area contributed by atoms with Crippen LogP contribution in [0.3, 0.4) is 0 Å². The van der Waals surface area contributed by atoms with E-state index in [0.717, 1.165) is 11.1 Å². The highest BCUT2D eigenvalue weighted by Crippen LogP contribution is 2.16. The van der Waals surface area contributed by atoms with Crippen molar-refractivity contribution in [3.05, 3.63) is 89.7 Å². The van der Waals surface area contributed by atoms with Crippen LogP contribution in [0.4, 0.5) is 10.1 Å². The van der Waals surface area contributed by atoms with Gasteiger partial charge in [0.15, 0.2) is 0 Å². The highest BCUT2D eigenvalue weighted by Gasteiger charge is 2.07. The summed E-state index contributed by atoms with van der Waals surface area (Å²) in [5.41, 5.74) is 4.66. The van der Waals surface area contributed by atoms with Gasteiger partial charge in [-0.15, -0.1) is 0 Å². The van der Waals surface area contributed by atoms with Crippen molar-refractivity contribution in [2.45, 2.75) is 19.4 Å². The Morgan fingerprint density at radius 3 is 2.18 bits per heavy atom. The largest absolute Gasteiger partial charge is 0.497 e. The number of hydrogen-bond acceptors (Lipinski definition) is 5. The molecule has 170 valence electrons. The molecule has 7 nitrogen and oxygen atoms in total. The Kier molecular flexibility index (Phi) is 8.53. The van der Waals surface area contributed by atoms with Crippen LogP contribution in [0.15, 0.2) is 77.9 Å². The molecule has 2 N–H and O–H groups in total. The molecule has 3 aromatic rings. The normalized spacial score (nSPS) is 10.6. The van der Waals surface area contributed by atoms with Crippen molar-refractivity contribution in [3.8, 4) is 11.5 Å². The molecule has 0 saturated heterocycles. The van der Waals surface area contributed by atoms with Crippen LogP contribution in [0, 0.1) is 5.82 Å². The number of ether oxygens (including phenoxy) is 2. The number of carbonyl (C=O) groups excluding carboxylic acids is 2. The second kappa shape index (κ2) is 12.0. The summed E-state index contributed by atoms with van der Waals surface area (Å²) >= 11 is 0. The molecule has 0 radical (unpaired) electrons. The minimum Gasteiger partial charge on any atom is -0.497 e. The number of methoxy groups -OCH3 is 1. The van der Waals surface area contributed by atoms with Gasteiger partial charge in [0.25, 0.3) is 0 Å². The molecule has 2 amide bonds. The molecule has 0 atom stereocenters. The lowest BCUT2D eigenvalue weighted by atomic mass is 10.2. The third kappa shape index (κ3) is 8.10. The van der Waals surface area contributed by atoms with Gasteiger partial charge >= 0.3 is 0 Å². The average Bonchev–Trinajstić information content (AvgIpc) is 2.84. The van der Waals surface area contributed by atoms with Gasteiger partial charge in [0, 0.05) is 18.5 Å². The van der Waals surface area contributed by atoms with Gasteiger partial charge in [-0.3, -0.25) is 9.59 Å². The van der Waals surface area contributed by atoms with Gasteiger partial charge in [0.05, 0.1) is 13.3 Å². The van der Waals surface area contributed by atoms with Crippen LogP contribution in [-0.4, -0.2) is 25.1 Å². The molecule has 8 heteroatoms. The third-order valence-electron chi connectivity index (χ3n) is 4.55. The van der Waals surface area contributed by atoms with E-state index in [1.54, 1.807) is 67.8 Å². The summed E-state index contributed by atoms with van der Waals surface area (Å²) in [6.07, 6.45) is 1.54. The third-order valence-corrected chi connectivity index (χ3v) is 4.55. The maximum atomic E-state index is 12.9. The molecule has 0 aliphatic rings. The second-order valence-electron chi connectivity index (χ2n) is 7.05. The van der Waals surface area contributed by atoms with Crippen LogP contribution >= 0.6 is 0 Å². The summed E-state index contributed by atoms with van der Waals surface area (Å²) in [5.74, 6) is 0.429. The van der Waals surface area contributed by atoms with Crippen LogP contribution in [0.25, 0.3) is 0 Å². The van der Waals surface area contributed by atoms with E-state index in [0.29, 0.717) is 23.8 Å². The number of halogens is 1. The van der Waals surface area contributed by atoms with E-state index in [4.69, 9.17) is 9.47 Å². The molecule has 0 heterocycles. The van der Waals surface area contributed by atoms with E-state index < -0.39 is 0 Å². The molecule has 0 fully saturated rings. The Hall–Kier alpha value is -4.20. The number of nitrogens with zero attached hydrogens (tertiary/aromatic N) is 1. The fourth-order valence-electron chi connectivity index (χ4n) is 2.76. The van der Waals surface area contributed by atoms with E-state index in [2.05, 4.69) is 15.8 Å². The summed E-state index contributed by atoms with van der Waals surface area (Å²) < 4.78 is 23.6. The summed E-state index contributed by atoms with van der Waals surface area (Å²) in [7, 11) is 1.57. The Balaban J connectivity index is 1.36. The summed E-state index contributed by atoms with van der Waals surface area (Å²) in [5, 5.41) is 6.63. The zero-order valence-corrected chi connectivity index (χ0v) is 18.1. The van der Waals surface area contributed by atoms with Crippen LogP contribution in [0.2, 0.25) is 0 Å². The van der Waals surface area contributed by atoms with Gasteiger partial charge in [-0.2, -0.15) is 5.10 Å². The SMILES string of the molecule is COc1ccc(NC(=O)CCC(=O)NN=Cc2ccc(OCc3ccc(F)cc3)cc2)cc1. The number of hydrazone groups is 1. The van der Waals surface area contributed by atoms with Crippen molar-refractivity contribution in [2.75, 3.05) is 12.4 Å². The highest BCUT2D eigenvalue weighted by atomic mass is 19.1.